The van der Waals surface area contributed by atoms with Crippen LogP contribution in [0.3, 0.4) is 0 Å². The van der Waals surface area contributed by atoms with Gasteiger partial charge in [-0.1, -0.05) is 13.8 Å². The van der Waals surface area contributed by atoms with Crippen molar-refractivity contribution >= 4 is 5.97 Å². The van der Waals surface area contributed by atoms with E-state index < -0.39 is 12.0 Å². The molecule has 0 aromatic rings. The zero-order chi connectivity index (χ0) is 11.4. The number of carboxylic acid groups (broad SMARTS) is 1. The number of ether oxygens (including phenoxy) is 1. The Balaban J connectivity index is 2.60. The average molecular weight is 215 g/mol. The van der Waals surface area contributed by atoms with Crippen molar-refractivity contribution in [2.24, 2.45) is 11.7 Å². The van der Waals surface area contributed by atoms with E-state index in [0.29, 0.717) is 0 Å². The van der Waals surface area contributed by atoms with E-state index in [9.17, 15) is 4.79 Å². The van der Waals surface area contributed by atoms with Gasteiger partial charge in [0.25, 0.3) is 0 Å². The SMILES string of the molecule is CC[C@@H]1CC([C@@H](N)C(=O)O)C[C@H](CC)O1. The molecule has 0 bridgehead atoms. The fourth-order valence-electron chi connectivity index (χ4n) is 2.18. The third-order valence-corrected chi connectivity index (χ3v) is 3.22. The second-order valence-electron chi connectivity index (χ2n) is 4.29. The highest BCUT2D eigenvalue weighted by Gasteiger charge is 2.33. The van der Waals surface area contributed by atoms with Crippen LogP contribution in [-0.2, 0) is 9.53 Å². The third kappa shape index (κ3) is 3.18. The standard InChI is InChI=1S/C11H21NO3/c1-3-8-5-7(10(12)11(13)14)6-9(4-2)15-8/h7-10H,3-6,12H2,1-2H3,(H,13,14)/t7?,8-,9+,10-/m1/s1. The number of hydrogen-bond donors (Lipinski definition) is 2. The minimum atomic E-state index is -0.897. The fraction of sp³-hybridized carbons (Fsp3) is 0.909. The van der Waals surface area contributed by atoms with E-state index in [1.54, 1.807) is 0 Å². The first kappa shape index (κ1) is 12.5. The lowest BCUT2D eigenvalue weighted by molar-refractivity contribution is -0.143. The van der Waals surface area contributed by atoms with Crippen molar-refractivity contribution in [2.45, 2.75) is 57.8 Å². The molecule has 4 atom stereocenters. The van der Waals surface area contributed by atoms with E-state index in [0.717, 1.165) is 25.7 Å². The first-order valence-corrected chi connectivity index (χ1v) is 5.72. The maximum atomic E-state index is 10.8. The summed E-state index contributed by atoms with van der Waals surface area (Å²) in [6.45, 7) is 4.12. The largest absolute Gasteiger partial charge is 0.480 e. The van der Waals surface area contributed by atoms with Crippen LogP contribution in [0, 0.1) is 5.92 Å². The van der Waals surface area contributed by atoms with Crippen LogP contribution >= 0.6 is 0 Å². The van der Waals surface area contributed by atoms with Crippen molar-refractivity contribution < 1.29 is 14.6 Å². The molecule has 1 fully saturated rings. The van der Waals surface area contributed by atoms with Gasteiger partial charge in [0, 0.05) is 0 Å². The van der Waals surface area contributed by atoms with Gasteiger partial charge in [0.05, 0.1) is 12.2 Å². The molecule has 0 aromatic heterocycles. The Morgan fingerprint density at radius 2 is 1.87 bits per heavy atom. The maximum absolute atomic E-state index is 10.8. The number of hydrogen-bond acceptors (Lipinski definition) is 3. The molecule has 0 amide bonds. The Labute approximate surface area is 90.8 Å². The predicted molar refractivity (Wildman–Crippen MR) is 57.6 cm³/mol. The van der Waals surface area contributed by atoms with Gasteiger partial charge in [0.1, 0.15) is 6.04 Å². The number of carboxylic acids is 1. The van der Waals surface area contributed by atoms with Crippen molar-refractivity contribution in [1.82, 2.24) is 0 Å². The normalized spacial score (nSPS) is 33.7. The quantitative estimate of drug-likeness (QED) is 0.743. The van der Waals surface area contributed by atoms with Crippen LogP contribution in [0.5, 0.6) is 0 Å². The summed E-state index contributed by atoms with van der Waals surface area (Å²) in [6.07, 6.45) is 3.78. The lowest BCUT2D eigenvalue weighted by Crippen LogP contribution is -2.45. The Kier molecular flexibility index (Phi) is 4.54. The molecule has 1 aliphatic rings. The Hall–Kier alpha value is -0.610. The summed E-state index contributed by atoms with van der Waals surface area (Å²) in [6, 6.07) is -0.739. The van der Waals surface area contributed by atoms with Gasteiger partial charge < -0.3 is 15.6 Å². The summed E-state index contributed by atoms with van der Waals surface area (Å²) in [5.74, 6) is -0.835. The number of nitrogens with two attached hydrogens (primary N) is 1. The van der Waals surface area contributed by atoms with Gasteiger partial charge in [-0.3, -0.25) is 4.79 Å². The molecule has 0 spiro atoms. The molecule has 88 valence electrons. The van der Waals surface area contributed by atoms with Crippen LogP contribution in [-0.4, -0.2) is 29.3 Å². The molecule has 4 heteroatoms. The van der Waals surface area contributed by atoms with E-state index in [1.807, 2.05) is 0 Å². The molecular formula is C11H21NO3. The molecular weight excluding hydrogens is 194 g/mol. The highest BCUT2D eigenvalue weighted by atomic mass is 16.5. The Morgan fingerprint density at radius 3 is 2.20 bits per heavy atom. The van der Waals surface area contributed by atoms with Crippen LogP contribution in [0.2, 0.25) is 0 Å². The summed E-state index contributed by atoms with van der Waals surface area (Å²) in [5.41, 5.74) is 5.67. The van der Waals surface area contributed by atoms with E-state index >= 15 is 0 Å². The van der Waals surface area contributed by atoms with Crippen LogP contribution in [0.1, 0.15) is 39.5 Å². The van der Waals surface area contributed by atoms with Crippen molar-refractivity contribution in [1.29, 1.82) is 0 Å². The lowest BCUT2D eigenvalue weighted by Gasteiger charge is -2.36. The van der Waals surface area contributed by atoms with Crippen LogP contribution in [0.4, 0.5) is 0 Å². The molecule has 3 N–H and O–H groups in total. The maximum Gasteiger partial charge on any atom is 0.320 e. The predicted octanol–water partition coefficient (Wildman–Crippen LogP) is 1.38. The zero-order valence-electron chi connectivity index (χ0n) is 9.48. The second kappa shape index (κ2) is 5.47. The summed E-state index contributed by atoms with van der Waals surface area (Å²) in [7, 11) is 0. The molecule has 0 aromatic carbocycles. The van der Waals surface area contributed by atoms with Gasteiger partial charge >= 0.3 is 5.97 Å². The fourth-order valence-corrected chi connectivity index (χ4v) is 2.18. The summed E-state index contributed by atoms with van der Waals surface area (Å²) in [5, 5.41) is 8.89. The van der Waals surface area contributed by atoms with E-state index in [-0.39, 0.29) is 18.1 Å². The van der Waals surface area contributed by atoms with Crippen molar-refractivity contribution in [3.05, 3.63) is 0 Å². The first-order chi connectivity index (χ1) is 7.08. The molecule has 1 heterocycles. The van der Waals surface area contributed by atoms with Crippen molar-refractivity contribution in [3.8, 4) is 0 Å². The molecule has 1 aliphatic heterocycles. The van der Waals surface area contributed by atoms with Crippen LogP contribution in [0.25, 0.3) is 0 Å². The average Bonchev–Trinajstić information content (AvgIpc) is 2.27. The van der Waals surface area contributed by atoms with Gasteiger partial charge in [-0.25, -0.2) is 0 Å². The van der Waals surface area contributed by atoms with Gasteiger partial charge in [-0.15, -0.1) is 0 Å². The zero-order valence-corrected chi connectivity index (χ0v) is 9.48. The topological polar surface area (TPSA) is 72.6 Å². The van der Waals surface area contributed by atoms with Gasteiger partial charge in [0.15, 0.2) is 0 Å². The minimum Gasteiger partial charge on any atom is -0.480 e. The van der Waals surface area contributed by atoms with Crippen LogP contribution < -0.4 is 5.73 Å². The highest BCUT2D eigenvalue weighted by Crippen LogP contribution is 2.29. The van der Waals surface area contributed by atoms with Crippen molar-refractivity contribution in [3.63, 3.8) is 0 Å². The molecule has 4 nitrogen and oxygen atoms in total. The molecule has 0 saturated carbocycles. The lowest BCUT2D eigenvalue weighted by atomic mass is 9.84. The number of carbonyl (C=O) groups is 1. The molecule has 1 saturated heterocycles. The molecule has 0 radical (unpaired) electrons. The molecule has 0 aliphatic carbocycles. The molecule has 1 unspecified atom stereocenters. The van der Waals surface area contributed by atoms with Crippen LogP contribution in [0.15, 0.2) is 0 Å². The first-order valence-electron chi connectivity index (χ1n) is 5.72. The minimum absolute atomic E-state index is 0.0612. The second-order valence-corrected chi connectivity index (χ2v) is 4.29. The van der Waals surface area contributed by atoms with Crippen molar-refractivity contribution in [2.75, 3.05) is 0 Å². The smallest absolute Gasteiger partial charge is 0.320 e. The summed E-state index contributed by atoms with van der Waals surface area (Å²) < 4.78 is 5.80. The monoisotopic (exact) mass is 215 g/mol. The summed E-state index contributed by atoms with van der Waals surface area (Å²) in [4.78, 5) is 10.8. The highest BCUT2D eigenvalue weighted by molar-refractivity contribution is 5.73. The van der Waals surface area contributed by atoms with E-state index in [2.05, 4.69) is 13.8 Å². The number of aliphatic carboxylic acids is 1. The molecule has 15 heavy (non-hydrogen) atoms. The molecule has 1 rings (SSSR count). The number of rotatable bonds is 4. The van der Waals surface area contributed by atoms with Gasteiger partial charge in [0.2, 0.25) is 0 Å². The van der Waals surface area contributed by atoms with E-state index in [4.69, 9.17) is 15.6 Å². The third-order valence-electron chi connectivity index (χ3n) is 3.22. The van der Waals surface area contributed by atoms with E-state index in [1.165, 1.54) is 0 Å². The Bertz CT molecular complexity index is 208. The van der Waals surface area contributed by atoms with Gasteiger partial charge in [-0.2, -0.15) is 0 Å². The summed E-state index contributed by atoms with van der Waals surface area (Å²) >= 11 is 0. The van der Waals surface area contributed by atoms with Gasteiger partial charge in [-0.05, 0) is 31.6 Å². The Morgan fingerprint density at radius 1 is 1.40 bits per heavy atom.